The molecule has 0 radical (unpaired) electrons. The molecule has 0 amide bonds. The highest BCUT2D eigenvalue weighted by Gasteiger charge is 2.27. The van der Waals surface area contributed by atoms with Crippen molar-refractivity contribution >= 4 is 0 Å². The van der Waals surface area contributed by atoms with Gasteiger partial charge in [-0.15, -0.1) is 0 Å². The van der Waals surface area contributed by atoms with Crippen LogP contribution in [0.15, 0.2) is 0 Å². The Morgan fingerprint density at radius 3 is 2.35 bits per heavy atom. The van der Waals surface area contributed by atoms with E-state index in [4.69, 9.17) is 0 Å². The van der Waals surface area contributed by atoms with E-state index in [1.54, 1.807) is 0 Å². The third-order valence-electron chi connectivity index (χ3n) is 4.19. The maximum atomic E-state index is 3.67. The lowest BCUT2D eigenvalue weighted by Crippen LogP contribution is -2.40. The standard InChI is InChI=1S/C15H30N2/c1-15(2,11-16-14-8-9-14)12-17(3)10-13-6-4-5-7-13/h13-14,16H,4-12H2,1-3H3. The zero-order valence-electron chi connectivity index (χ0n) is 12.0. The van der Waals surface area contributed by atoms with Crippen LogP contribution < -0.4 is 5.32 Å². The van der Waals surface area contributed by atoms with Crippen LogP contribution in [0.2, 0.25) is 0 Å². The minimum Gasteiger partial charge on any atom is -0.313 e. The van der Waals surface area contributed by atoms with Gasteiger partial charge in [-0.2, -0.15) is 0 Å². The molecular weight excluding hydrogens is 208 g/mol. The van der Waals surface area contributed by atoms with E-state index in [1.165, 1.54) is 58.2 Å². The maximum Gasteiger partial charge on any atom is 0.00684 e. The lowest BCUT2D eigenvalue weighted by atomic mass is 9.92. The monoisotopic (exact) mass is 238 g/mol. The summed E-state index contributed by atoms with van der Waals surface area (Å²) in [4.78, 5) is 2.56. The summed E-state index contributed by atoms with van der Waals surface area (Å²) in [6.45, 7) is 8.50. The summed E-state index contributed by atoms with van der Waals surface area (Å²) >= 11 is 0. The van der Waals surface area contributed by atoms with Gasteiger partial charge in [0, 0.05) is 25.7 Å². The van der Waals surface area contributed by atoms with Crippen LogP contribution in [0.4, 0.5) is 0 Å². The van der Waals surface area contributed by atoms with Gasteiger partial charge in [-0.3, -0.25) is 0 Å². The lowest BCUT2D eigenvalue weighted by Gasteiger charge is -2.32. The van der Waals surface area contributed by atoms with Crippen molar-refractivity contribution in [2.45, 2.75) is 58.4 Å². The summed E-state index contributed by atoms with van der Waals surface area (Å²) in [5.41, 5.74) is 0.413. The van der Waals surface area contributed by atoms with Crippen LogP contribution in [0, 0.1) is 11.3 Å². The van der Waals surface area contributed by atoms with Gasteiger partial charge >= 0.3 is 0 Å². The highest BCUT2D eigenvalue weighted by atomic mass is 15.1. The second-order valence-corrected chi connectivity index (χ2v) is 7.17. The summed E-state index contributed by atoms with van der Waals surface area (Å²) < 4.78 is 0. The molecule has 0 aliphatic heterocycles. The van der Waals surface area contributed by atoms with Gasteiger partial charge in [0.1, 0.15) is 0 Å². The van der Waals surface area contributed by atoms with Crippen LogP contribution in [-0.2, 0) is 0 Å². The Kier molecular flexibility index (Phi) is 4.48. The Balaban J connectivity index is 1.65. The smallest absolute Gasteiger partial charge is 0.00684 e. The van der Waals surface area contributed by atoms with Gasteiger partial charge in [-0.25, -0.2) is 0 Å². The van der Waals surface area contributed by atoms with Crippen molar-refractivity contribution in [2.24, 2.45) is 11.3 Å². The summed E-state index contributed by atoms with van der Waals surface area (Å²) in [6, 6.07) is 0.842. The first-order valence-corrected chi connectivity index (χ1v) is 7.47. The molecule has 2 saturated carbocycles. The highest BCUT2D eigenvalue weighted by molar-refractivity contribution is 4.85. The fourth-order valence-electron chi connectivity index (χ4n) is 3.19. The molecule has 2 rings (SSSR count). The predicted octanol–water partition coefficient (Wildman–Crippen LogP) is 2.89. The highest BCUT2D eigenvalue weighted by Crippen LogP contribution is 2.27. The maximum absolute atomic E-state index is 3.67. The third kappa shape index (κ3) is 4.97. The topological polar surface area (TPSA) is 15.3 Å². The first kappa shape index (κ1) is 13.4. The van der Waals surface area contributed by atoms with Gasteiger partial charge in [-0.05, 0) is 44.1 Å². The second-order valence-electron chi connectivity index (χ2n) is 7.17. The van der Waals surface area contributed by atoms with Crippen LogP contribution in [-0.4, -0.2) is 37.6 Å². The Bertz CT molecular complexity index is 227. The molecule has 2 heteroatoms. The first-order valence-electron chi connectivity index (χ1n) is 7.47. The molecule has 0 aromatic carbocycles. The molecule has 0 unspecified atom stereocenters. The summed E-state index contributed by atoms with van der Waals surface area (Å²) in [7, 11) is 2.30. The normalized spacial score (nSPS) is 22.6. The zero-order chi connectivity index (χ0) is 12.3. The number of nitrogens with one attached hydrogen (secondary N) is 1. The van der Waals surface area contributed by atoms with Crippen molar-refractivity contribution in [3.8, 4) is 0 Å². The number of hydrogen-bond donors (Lipinski definition) is 1. The van der Waals surface area contributed by atoms with Gasteiger partial charge in [0.25, 0.3) is 0 Å². The largest absolute Gasteiger partial charge is 0.313 e. The predicted molar refractivity (Wildman–Crippen MR) is 74.3 cm³/mol. The zero-order valence-corrected chi connectivity index (χ0v) is 12.0. The van der Waals surface area contributed by atoms with Crippen molar-refractivity contribution in [1.82, 2.24) is 10.2 Å². The van der Waals surface area contributed by atoms with Crippen molar-refractivity contribution in [1.29, 1.82) is 0 Å². The Hall–Kier alpha value is -0.0800. The molecule has 2 nitrogen and oxygen atoms in total. The van der Waals surface area contributed by atoms with Crippen molar-refractivity contribution in [2.75, 3.05) is 26.7 Å². The summed E-state index contributed by atoms with van der Waals surface area (Å²) in [5, 5.41) is 3.67. The fraction of sp³-hybridized carbons (Fsp3) is 1.00. The Morgan fingerprint density at radius 1 is 1.12 bits per heavy atom. The molecular formula is C15H30N2. The minimum atomic E-state index is 0.413. The SMILES string of the molecule is CN(CC1CCCC1)CC(C)(C)CNC1CC1. The van der Waals surface area contributed by atoms with E-state index < -0.39 is 0 Å². The van der Waals surface area contributed by atoms with E-state index >= 15 is 0 Å². The quantitative estimate of drug-likeness (QED) is 0.733. The average Bonchev–Trinajstić information content (AvgIpc) is 2.94. The van der Waals surface area contributed by atoms with E-state index in [9.17, 15) is 0 Å². The molecule has 0 aromatic heterocycles. The molecule has 100 valence electrons. The molecule has 0 spiro atoms. The molecule has 2 aliphatic rings. The molecule has 17 heavy (non-hydrogen) atoms. The van der Waals surface area contributed by atoms with Gasteiger partial charge in [-0.1, -0.05) is 26.7 Å². The van der Waals surface area contributed by atoms with Gasteiger partial charge in [0.15, 0.2) is 0 Å². The molecule has 0 heterocycles. The Morgan fingerprint density at radius 2 is 1.76 bits per heavy atom. The van der Waals surface area contributed by atoms with Gasteiger partial charge in [0.05, 0.1) is 0 Å². The van der Waals surface area contributed by atoms with E-state index in [2.05, 4.69) is 31.1 Å². The van der Waals surface area contributed by atoms with Gasteiger partial charge < -0.3 is 10.2 Å². The van der Waals surface area contributed by atoms with E-state index in [-0.39, 0.29) is 0 Å². The number of rotatable bonds is 7. The number of nitrogens with zero attached hydrogens (tertiary/aromatic N) is 1. The Labute approximate surface area is 107 Å². The van der Waals surface area contributed by atoms with E-state index in [0.29, 0.717) is 5.41 Å². The van der Waals surface area contributed by atoms with Crippen LogP contribution in [0.1, 0.15) is 52.4 Å². The molecule has 2 aliphatic carbocycles. The van der Waals surface area contributed by atoms with Crippen LogP contribution in [0.3, 0.4) is 0 Å². The van der Waals surface area contributed by atoms with E-state index in [0.717, 1.165) is 12.0 Å². The minimum absolute atomic E-state index is 0.413. The first-order chi connectivity index (χ1) is 8.05. The summed E-state index contributed by atoms with van der Waals surface area (Å²) in [5.74, 6) is 0.979. The van der Waals surface area contributed by atoms with E-state index in [1.807, 2.05) is 0 Å². The van der Waals surface area contributed by atoms with Crippen molar-refractivity contribution in [3.63, 3.8) is 0 Å². The third-order valence-corrected chi connectivity index (χ3v) is 4.19. The summed E-state index contributed by atoms with van der Waals surface area (Å²) in [6.07, 6.45) is 8.65. The molecule has 0 aromatic rings. The van der Waals surface area contributed by atoms with Crippen molar-refractivity contribution in [3.05, 3.63) is 0 Å². The van der Waals surface area contributed by atoms with Gasteiger partial charge in [0.2, 0.25) is 0 Å². The molecule has 0 bridgehead atoms. The molecule has 0 saturated heterocycles. The fourth-order valence-corrected chi connectivity index (χ4v) is 3.19. The van der Waals surface area contributed by atoms with Crippen molar-refractivity contribution < 1.29 is 0 Å². The average molecular weight is 238 g/mol. The van der Waals surface area contributed by atoms with Crippen LogP contribution in [0.5, 0.6) is 0 Å². The second kappa shape index (κ2) is 5.71. The lowest BCUT2D eigenvalue weighted by molar-refractivity contribution is 0.182. The number of hydrogen-bond acceptors (Lipinski definition) is 2. The molecule has 1 N–H and O–H groups in total. The molecule has 2 fully saturated rings. The molecule has 0 atom stereocenters. The van der Waals surface area contributed by atoms with Crippen LogP contribution >= 0.6 is 0 Å². The van der Waals surface area contributed by atoms with Crippen LogP contribution in [0.25, 0.3) is 0 Å².